The summed E-state index contributed by atoms with van der Waals surface area (Å²) < 4.78 is 25.6. The van der Waals surface area contributed by atoms with Gasteiger partial charge in [0.15, 0.2) is 23.1 Å². The van der Waals surface area contributed by atoms with Crippen molar-refractivity contribution < 1.29 is 38.1 Å². The van der Waals surface area contributed by atoms with Gasteiger partial charge in [-0.05, 0) is 37.8 Å². The summed E-state index contributed by atoms with van der Waals surface area (Å²) in [5, 5.41) is 0. The molecule has 0 saturated heterocycles. The second-order valence-electron chi connectivity index (χ2n) is 18.9. The van der Waals surface area contributed by atoms with E-state index < -0.39 is 0 Å². The molecule has 0 amide bonds. The van der Waals surface area contributed by atoms with Crippen molar-refractivity contribution in [2.24, 2.45) is 0 Å². The molecule has 0 fully saturated rings. The molecule has 8 nitrogen and oxygen atoms in total. The number of ether oxygens (including phenoxy) is 4. The van der Waals surface area contributed by atoms with E-state index >= 15 is 0 Å². The van der Waals surface area contributed by atoms with E-state index in [2.05, 4.69) is 0 Å². The highest BCUT2D eigenvalue weighted by molar-refractivity contribution is 6.16. The van der Waals surface area contributed by atoms with Crippen molar-refractivity contribution in [3.63, 3.8) is 0 Å². The van der Waals surface area contributed by atoms with Gasteiger partial charge in [-0.1, -0.05) is 224 Å². The van der Waals surface area contributed by atoms with Crippen LogP contribution in [0, 0.1) is 0 Å². The monoisotopic (exact) mass is 969 g/mol. The van der Waals surface area contributed by atoms with Crippen LogP contribution in [0.1, 0.15) is 192 Å². The molecular formula is C64H72O8. The van der Waals surface area contributed by atoms with E-state index in [1.807, 2.05) is 72.8 Å². The fourth-order valence-corrected chi connectivity index (χ4v) is 9.26. The van der Waals surface area contributed by atoms with E-state index in [4.69, 9.17) is 18.9 Å². The van der Waals surface area contributed by atoms with Gasteiger partial charge in [0, 0.05) is 34.4 Å². The number of hydrogen-bond donors (Lipinski definition) is 0. The first kappa shape index (κ1) is 53.0. The Labute approximate surface area is 427 Å². The third-order valence-corrected chi connectivity index (χ3v) is 13.4. The van der Waals surface area contributed by atoms with Gasteiger partial charge in [0.05, 0.1) is 48.7 Å². The lowest BCUT2D eigenvalue weighted by molar-refractivity contribution is 0.101. The molecule has 0 atom stereocenters. The summed E-state index contributed by atoms with van der Waals surface area (Å²) in [7, 11) is 0. The molecule has 6 aromatic carbocycles. The fraction of sp³-hybridized carbons (Fsp3) is 0.375. The third-order valence-electron chi connectivity index (χ3n) is 13.4. The summed E-state index contributed by atoms with van der Waals surface area (Å²) >= 11 is 0. The van der Waals surface area contributed by atoms with Gasteiger partial charge in [-0.2, -0.15) is 0 Å². The van der Waals surface area contributed by atoms with Crippen molar-refractivity contribution in [2.45, 2.75) is 128 Å². The molecule has 1 aliphatic rings. The summed E-state index contributed by atoms with van der Waals surface area (Å²) in [6.45, 7) is 1.81. The Morgan fingerprint density at radius 3 is 0.611 bits per heavy atom. The van der Waals surface area contributed by atoms with Crippen molar-refractivity contribution in [3.05, 3.63) is 190 Å². The molecule has 376 valence electrons. The first-order valence-corrected chi connectivity index (χ1v) is 26.7. The van der Waals surface area contributed by atoms with Gasteiger partial charge < -0.3 is 18.9 Å². The van der Waals surface area contributed by atoms with Crippen molar-refractivity contribution >= 4 is 23.1 Å². The zero-order chi connectivity index (χ0) is 50.0. The minimum atomic E-state index is -0.193. The summed E-state index contributed by atoms with van der Waals surface area (Å²) in [5.74, 6) is 0.996. The second kappa shape index (κ2) is 29.5. The predicted molar refractivity (Wildman–Crippen MR) is 287 cm³/mol. The topological polar surface area (TPSA) is 105 Å². The van der Waals surface area contributed by atoms with Gasteiger partial charge >= 0.3 is 0 Å². The number of ketones is 4. The molecule has 0 spiro atoms. The molecule has 4 bridgehead atoms. The van der Waals surface area contributed by atoms with E-state index in [0.29, 0.717) is 93.9 Å². The van der Waals surface area contributed by atoms with Crippen LogP contribution in [0.15, 0.2) is 146 Å². The molecule has 8 heteroatoms. The highest BCUT2D eigenvalue weighted by Crippen LogP contribution is 2.35. The Bertz CT molecular complexity index is 2250. The van der Waals surface area contributed by atoms with E-state index in [9.17, 15) is 19.2 Å². The number of rotatable bonds is 8. The van der Waals surface area contributed by atoms with Crippen LogP contribution in [-0.2, 0) is 0 Å². The summed E-state index contributed by atoms with van der Waals surface area (Å²) in [6, 6.07) is 43.5. The van der Waals surface area contributed by atoms with Gasteiger partial charge in [0.1, 0.15) is 23.0 Å². The van der Waals surface area contributed by atoms with Gasteiger partial charge in [0.25, 0.3) is 0 Å². The molecule has 0 N–H and O–H groups in total. The maximum atomic E-state index is 14.0. The summed E-state index contributed by atoms with van der Waals surface area (Å²) in [5.41, 5.74) is 3.57. The van der Waals surface area contributed by atoms with Gasteiger partial charge in [0.2, 0.25) is 0 Å². The van der Waals surface area contributed by atoms with Crippen LogP contribution in [0.5, 0.6) is 23.0 Å². The number of fused-ring (bicyclic) bond motifs is 4. The molecule has 0 unspecified atom stereocenters. The molecule has 7 rings (SSSR count). The maximum Gasteiger partial charge on any atom is 0.196 e. The average Bonchev–Trinajstić information content (AvgIpc) is 3.43. The normalized spacial score (nSPS) is 15.7. The molecule has 0 saturated carbocycles. The summed E-state index contributed by atoms with van der Waals surface area (Å²) in [4.78, 5) is 56.2. The number of carbonyl (C=O) groups is 4. The largest absolute Gasteiger partial charge is 0.493 e. The van der Waals surface area contributed by atoms with E-state index in [1.54, 1.807) is 72.8 Å². The smallest absolute Gasteiger partial charge is 0.196 e. The van der Waals surface area contributed by atoms with E-state index in [-0.39, 0.29) is 23.1 Å². The molecule has 0 aliphatic carbocycles. The van der Waals surface area contributed by atoms with Crippen LogP contribution in [0.4, 0.5) is 0 Å². The van der Waals surface area contributed by atoms with Crippen LogP contribution in [0.3, 0.4) is 0 Å². The second-order valence-corrected chi connectivity index (χ2v) is 18.9. The van der Waals surface area contributed by atoms with Crippen molar-refractivity contribution in [1.29, 1.82) is 0 Å². The molecule has 0 aromatic heterocycles. The Balaban J connectivity index is 0.997. The van der Waals surface area contributed by atoms with Gasteiger partial charge in [-0.15, -0.1) is 0 Å². The average molecular weight is 969 g/mol. The highest BCUT2D eigenvalue weighted by Gasteiger charge is 2.25. The first-order valence-electron chi connectivity index (χ1n) is 26.7. The standard InChI is InChI=1S/C64H72O8/c65-61(49-33-21-17-22-34-49)53-45-55(63(67)51-37-25-19-26-38-51)59-47-57(53)69-41-29-13-9-5-1-2-6-10-14-30-42-70-58-48-60(72-44-32-16-12-8-4-3-7-11-15-31-43-71-59)56(64(68)52-39-27-20-28-40-52)46-54(58)62(66)50-35-23-18-24-36-50/h17-28,33-40,45-48H,1-16,29-32,41-44H2. The lowest BCUT2D eigenvalue weighted by atomic mass is 9.95. The van der Waals surface area contributed by atoms with Gasteiger partial charge in [-0.25, -0.2) is 0 Å². The summed E-state index contributed by atoms with van der Waals surface area (Å²) in [6.07, 6.45) is 21.0. The Hall–Kier alpha value is -6.80. The van der Waals surface area contributed by atoms with E-state index in [0.717, 1.165) is 128 Å². The number of hydrogen-bond acceptors (Lipinski definition) is 8. The maximum absolute atomic E-state index is 14.0. The Morgan fingerprint density at radius 2 is 0.417 bits per heavy atom. The van der Waals surface area contributed by atoms with Crippen molar-refractivity contribution in [3.8, 4) is 23.0 Å². The lowest BCUT2D eigenvalue weighted by Crippen LogP contribution is -2.12. The zero-order valence-electron chi connectivity index (χ0n) is 42.1. The quantitative estimate of drug-likeness (QED) is 0.139. The predicted octanol–water partition coefficient (Wildman–Crippen LogP) is 15.6. The van der Waals surface area contributed by atoms with Crippen LogP contribution >= 0.6 is 0 Å². The van der Waals surface area contributed by atoms with Crippen molar-refractivity contribution in [1.82, 2.24) is 0 Å². The minimum absolute atomic E-state index is 0.193. The number of carbonyl (C=O) groups excluding carboxylic acids is 4. The Morgan fingerprint density at radius 1 is 0.236 bits per heavy atom. The third kappa shape index (κ3) is 16.1. The SMILES string of the molecule is O=C(c1ccccc1)c1cc(C(=O)c2ccccc2)c2cc1OCCCCCCCCCCCCOc1cc(c(C(=O)c3ccccc3)cc1C(=O)c1ccccc1)OCCCCCCCCCCCCO2. The molecule has 1 aliphatic heterocycles. The van der Waals surface area contributed by atoms with Crippen LogP contribution < -0.4 is 18.9 Å². The van der Waals surface area contributed by atoms with Crippen molar-refractivity contribution in [2.75, 3.05) is 26.4 Å². The highest BCUT2D eigenvalue weighted by atomic mass is 16.5. The van der Waals surface area contributed by atoms with E-state index in [1.165, 1.54) is 0 Å². The Kier molecular flexibility index (Phi) is 21.7. The molecular weight excluding hydrogens is 897 g/mol. The fourth-order valence-electron chi connectivity index (χ4n) is 9.26. The van der Waals surface area contributed by atoms with Crippen LogP contribution in [-0.4, -0.2) is 49.6 Å². The van der Waals surface area contributed by atoms with Crippen LogP contribution in [0.2, 0.25) is 0 Å². The minimum Gasteiger partial charge on any atom is -0.493 e. The zero-order valence-corrected chi connectivity index (χ0v) is 42.1. The molecule has 72 heavy (non-hydrogen) atoms. The lowest BCUT2D eigenvalue weighted by Gasteiger charge is -2.17. The van der Waals surface area contributed by atoms with Gasteiger partial charge in [-0.3, -0.25) is 19.2 Å². The molecule has 6 aromatic rings. The first-order chi connectivity index (χ1) is 35.5. The number of benzene rings is 6. The van der Waals surface area contributed by atoms with Crippen LogP contribution in [0.25, 0.3) is 0 Å². The molecule has 1 heterocycles. The molecule has 0 radical (unpaired) electrons.